The van der Waals surface area contributed by atoms with Crippen LogP contribution in [0.2, 0.25) is 5.02 Å². The van der Waals surface area contributed by atoms with Crippen LogP contribution in [0.5, 0.6) is 0 Å². The molecule has 234 valence electrons. The van der Waals surface area contributed by atoms with Gasteiger partial charge in [0.05, 0.1) is 17.9 Å². The smallest absolute Gasteiger partial charge is 0.246 e. The fraction of sp³-hybridized carbons (Fsp3) is 0.676. The van der Waals surface area contributed by atoms with Gasteiger partial charge in [0.15, 0.2) is 0 Å². The van der Waals surface area contributed by atoms with E-state index in [9.17, 15) is 14.4 Å². The number of hydrogen-bond donors (Lipinski definition) is 2. The Morgan fingerprint density at radius 2 is 1.84 bits per heavy atom. The van der Waals surface area contributed by atoms with Gasteiger partial charge in [0.25, 0.3) is 0 Å². The monoisotopic (exact) mass is 610 g/mol. The summed E-state index contributed by atoms with van der Waals surface area (Å²) in [7, 11) is 0. The van der Waals surface area contributed by atoms with Crippen molar-refractivity contribution in [3.05, 3.63) is 40.9 Å². The first-order valence-electron chi connectivity index (χ1n) is 16.4. The van der Waals surface area contributed by atoms with E-state index in [-0.39, 0.29) is 23.8 Å². The van der Waals surface area contributed by atoms with Crippen molar-refractivity contribution < 1.29 is 19.1 Å². The molecule has 0 aromatic heterocycles. The quantitative estimate of drug-likeness (QED) is 0.413. The number of nitrogens with one attached hydrogen (secondary N) is 2. The van der Waals surface area contributed by atoms with Gasteiger partial charge < -0.3 is 25.2 Å². The summed E-state index contributed by atoms with van der Waals surface area (Å²) in [6, 6.07) is 4.65. The van der Waals surface area contributed by atoms with Crippen LogP contribution < -0.4 is 10.6 Å². The second-order valence-corrected chi connectivity index (χ2v) is 14.4. The Labute approximate surface area is 260 Å². The molecule has 6 rings (SSSR count). The lowest BCUT2D eigenvalue weighted by molar-refractivity contribution is -0.141. The van der Waals surface area contributed by atoms with Crippen molar-refractivity contribution in [2.24, 2.45) is 29.6 Å². The molecule has 3 saturated heterocycles. The van der Waals surface area contributed by atoms with E-state index in [0.29, 0.717) is 29.1 Å². The van der Waals surface area contributed by atoms with Crippen molar-refractivity contribution in [1.82, 2.24) is 15.1 Å². The molecule has 0 unspecified atom stereocenters. The van der Waals surface area contributed by atoms with Gasteiger partial charge in [0.1, 0.15) is 11.6 Å². The van der Waals surface area contributed by atoms with Crippen molar-refractivity contribution >= 4 is 35.0 Å². The number of anilines is 1. The van der Waals surface area contributed by atoms with Crippen LogP contribution in [-0.2, 0) is 19.1 Å². The van der Waals surface area contributed by atoms with Crippen LogP contribution in [0.25, 0.3) is 0 Å². The van der Waals surface area contributed by atoms with E-state index in [4.69, 9.17) is 16.3 Å². The van der Waals surface area contributed by atoms with Crippen LogP contribution in [0, 0.1) is 36.5 Å². The third-order valence-electron chi connectivity index (χ3n) is 11.1. The van der Waals surface area contributed by atoms with E-state index in [1.807, 2.05) is 31.2 Å². The zero-order valence-electron chi connectivity index (χ0n) is 26.0. The molecule has 1 spiro atoms. The van der Waals surface area contributed by atoms with Gasteiger partial charge in [-0.2, -0.15) is 0 Å². The SMILES string of the molecule is Cc1ccc(NC(=O)[C@@H]2[C@@H]3C=C[C@]4(O3)[C@@H]2C(=O)N(CCCN2CCC(C)CC2)[C@H]4C(=O)N[C@@H]2CCC[C@H](C)[C@@H]2C)cc1Cl. The zero-order chi connectivity index (χ0) is 30.5. The van der Waals surface area contributed by atoms with Crippen LogP contribution >= 0.6 is 11.6 Å². The molecular weight excluding hydrogens is 564 g/mol. The second-order valence-electron chi connectivity index (χ2n) is 13.9. The summed E-state index contributed by atoms with van der Waals surface area (Å²) in [4.78, 5) is 46.5. The Kier molecular flexibility index (Phi) is 8.66. The maximum atomic E-state index is 14.3. The lowest BCUT2D eigenvalue weighted by Crippen LogP contribution is -2.58. The summed E-state index contributed by atoms with van der Waals surface area (Å²) in [6.07, 6.45) is 9.56. The second kappa shape index (κ2) is 12.2. The topological polar surface area (TPSA) is 91.0 Å². The van der Waals surface area contributed by atoms with Crippen molar-refractivity contribution in [3.63, 3.8) is 0 Å². The largest absolute Gasteiger partial charge is 0.359 e. The highest BCUT2D eigenvalue weighted by Gasteiger charge is 2.72. The number of benzene rings is 1. The number of amides is 3. The van der Waals surface area contributed by atoms with E-state index >= 15 is 0 Å². The van der Waals surface area contributed by atoms with Crippen molar-refractivity contribution in [2.45, 2.75) is 90.0 Å². The van der Waals surface area contributed by atoms with Crippen LogP contribution in [0.15, 0.2) is 30.4 Å². The molecule has 0 radical (unpaired) electrons. The van der Waals surface area contributed by atoms with Gasteiger partial charge in [0, 0.05) is 23.3 Å². The zero-order valence-corrected chi connectivity index (χ0v) is 26.7. The maximum absolute atomic E-state index is 14.3. The predicted molar refractivity (Wildman–Crippen MR) is 168 cm³/mol. The highest BCUT2D eigenvalue weighted by atomic mass is 35.5. The van der Waals surface area contributed by atoms with E-state index < -0.39 is 29.6 Å². The number of hydrogen-bond acceptors (Lipinski definition) is 5. The minimum absolute atomic E-state index is 0.0620. The Balaban J connectivity index is 1.24. The highest BCUT2D eigenvalue weighted by Crippen LogP contribution is 2.55. The highest BCUT2D eigenvalue weighted by molar-refractivity contribution is 6.31. The number of fused-ring (bicyclic) bond motifs is 1. The van der Waals surface area contributed by atoms with Gasteiger partial charge in [-0.3, -0.25) is 14.4 Å². The van der Waals surface area contributed by atoms with E-state index in [1.54, 1.807) is 11.0 Å². The third kappa shape index (κ3) is 5.64. The van der Waals surface area contributed by atoms with Crippen molar-refractivity contribution in [3.8, 4) is 0 Å². The Morgan fingerprint density at radius 1 is 1.07 bits per heavy atom. The first-order valence-corrected chi connectivity index (χ1v) is 16.7. The maximum Gasteiger partial charge on any atom is 0.246 e. The average molecular weight is 611 g/mol. The van der Waals surface area contributed by atoms with Crippen LogP contribution in [0.4, 0.5) is 5.69 Å². The normalized spacial score (nSPS) is 35.8. The number of piperidine rings is 1. The van der Waals surface area contributed by atoms with Crippen LogP contribution in [0.3, 0.4) is 0 Å². The molecule has 1 aliphatic carbocycles. The van der Waals surface area contributed by atoms with Gasteiger partial charge in [-0.05, 0) is 87.7 Å². The molecule has 4 fully saturated rings. The van der Waals surface area contributed by atoms with E-state index in [2.05, 4.69) is 36.3 Å². The number of carbonyl (C=O) groups is 3. The number of likely N-dealkylation sites (tertiary alicyclic amines) is 2. The fourth-order valence-corrected chi connectivity index (χ4v) is 8.38. The number of ether oxygens (including phenoxy) is 1. The van der Waals surface area contributed by atoms with Gasteiger partial charge in [0.2, 0.25) is 17.7 Å². The number of carbonyl (C=O) groups excluding carboxylic acids is 3. The fourth-order valence-electron chi connectivity index (χ4n) is 8.20. The molecule has 1 saturated carbocycles. The average Bonchev–Trinajstić information content (AvgIpc) is 3.62. The Morgan fingerprint density at radius 3 is 2.58 bits per heavy atom. The predicted octanol–water partition coefficient (Wildman–Crippen LogP) is 4.80. The molecule has 4 heterocycles. The van der Waals surface area contributed by atoms with Gasteiger partial charge >= 0.3 is 0 Å². The molecule has 8 atom stereocenters. The summed E-state index contributed by atoms with van der Waals surface area (Å²) in [6.45, 7) is 12.2. The first-order chi connectivity index (χ1) is 20.6. The lowest BCUT2D eigenvalue weighted by atomic mass is 9.73. The standard InChI is InChI=1S/C34H47ClN4O4/c1-20-12-17-38(18-13-20)15-6-16-39-30(32(41)37-26-8-5-7-21(2)23(26)4)34-14-11-27(43-34)28(29(34)33(39)42)31(40)36-24-10-9-22(3)25(35)19-24/h9-11,14,19-21,23,26-30H,5-8,12-13,15-18H2,1-4H3,(H,36,40)(H,37,41)/t21-,23-,26+,27-,28+,29-,30-,34-/m0/s1. The Bertz CT molecular complexity index is 1280. The van der Waals surface area contributed by atoms with Crippen molar-refractivity contribution in [1.29, 1.82) is 0 Å². The third-order valence-corrected chi connectivity index (χ3v) is 11.6. The molecule has 8 nitrogen and oxygen atoms in total. The van der Waals surface area contributed by atoms with Gasteiger partial charge in [-0.1, -0.05) is 63.4 Å². The van der Waals surface area contributed by atoms with Crippen molar-refractivity contribution in [2.75, 3.05) is 31.5 Å². The molecule has 2 N–H and O–H groups in total. The van der Waals surface area contributed by atoms with E-state index in [1.165, 1.54) is 19.3 Å². The number of halogens is 1. The van der Waals surface area contributed by atoms with Crippen LogP contribution in [-0.4, -0.2) is 77.5 Å². The molecule has 9 heteroatoms. The minimum atomic E-state index is -1.15. The molecule has 3 amide bonds. The minimum Gasteiger partial charge on any atom is -0.359 e. The summed E-state index contributed by atoms with van der Waals surface area (Å²) < 4.78 is 6.55. The molecule has 1 aromatic carbocycles. The number of nitrogens with zero attached hydrogens (tertiary/aromatic N) is 2. The number of rotatable bonds is 8. The molecule has 4 aliphatic heterocycles. The van der Waals surface area contributed by atoms with Crippen LogP contribution in [0.1, 0.15) is 64.9 Å². The lowest BCUT2D eigenvalue weighted by Gasteiger charge is -2.38. The van der Waals surface area contributed by atoms with Gasteiger partial charge in [-0.25, -0.2) is 0 Å². The summed E-state index contributed by atoms with van der Waals surface area (Å²) in [5.41, 5.74) is 0.346. The molecule has 5 aliphatic rings. The first kappa shape index (κ1) is 30.6. The number of aryl methyl sites for hydroxylation is 1. The summed E-state index contributed by atoms with van der Waals surface area (Å²) in [5, 5.41) is 6.89. The molecule has 43 heavy (non-hydrogen) atoms. The summed E-state index contributed by atoms with van der Waals surface area (Å²) >= 11 is 6.32. The molecule has 1 aromatic rings. The molecular formula is C34H47ClN4O4. The Hall–Kier alpha value is -2.42. The van der Waals surface area contributed by atoms with E-state index in [0.717, 1.165) is 50.4 Å². The summed E-state index contributed by atoms with van der Waals surface area (Å²) in [5.74, 6) is -0.446. The van der Waals surface area contributed by atoms with Gasteiger partial charge in [-0.15, -0.1) is 0 Å². The molecule has 2 bridgehead atoms.